The van der Waals surface area contributed by atoms with E-state index in [0.29, 0.717) is 0 Å². The third-order valence-electron chi connectivity index (χ3n) is 12.4. The largest absolute Gasteiger partial charge is 0.501 e. The molecule has 5 heteroatoms. The number of hydrogen-bond donors (Lipinski definition) is 0. The number of furan rings is 1. The summed E-state index contributed by atoms with van der Waals surface area (Å²) < 4.78 is 6.45. The number of nitrogens with zero attached hydrogens (tertiary/aromatic N) is 2. The Labute approximate surface area is 348 Å². The van der Waals surface area contributed by atoms with Crippen molar-refractivity contribution in [2.45, 2.75) is 96.7 Å². The van der Waals surface area contributed by atoms with Crippen molar-refractivity contribution in [2.75, 3.05) is 0 Å². The molecule has 0 spiro atoms. The van der Waals surface area contributed by atoms with Gasteiger partial charge in [-0.05, 0) is 81.9 Å². The third-order valence-corrected chi connectivity index (χ3v) is 14.5. The van der Waals surface area contributed by atoms with Crippen LogP contribution in [0.2, 0.25) is 19.6 Å². The molecule has 2 fully saturated rings. The molecule has 0 atom stereocenters. The summed E-state index contributed by atoms with van der Waals surface area (Å²) >= 11 is 0. The summed E-state index contributed by atoms with van der Waals surface area (Å²) in [6, 6.07) is 42.6. The van der Waals surface area contributed by atoms with Gasteiger partial charge in [-0.3, -0.25) is 0 Å². The molecule has 3 heterocycles. The maximum Gasteiger partial charge on any atom is 0.121 e. The van der Waals surface area contributed by atoms with Gasteiger partial charge in [0.15, 0.2) is 0 Å². The number of hydrogen-bond acceptors (Lipinski definition) is 3. The fourth-order valence-corrected chi connectivity index (χ4v) is 10.8. The Kier molecular flexibility index (Phi) is 12.3. The van der Waals surface area contributed by atoms with Crippen molar-refractivity contribution in [3.63, 3.8) is 0 Å². The molecule has 0 amide bonds. The molecule has 1 radical (unpaired) electrons. The van der Waals surface area contributed by atoms with Crippen LogP contribution in [-0.4, -0.2) is 18.0 Å². The molecular weight excluding hydrogens is 877 g/mol. The van der Waals surface area contributed by atoms with Crippen LogP contribution in [0.1, 0.15) is 76.3 Å². The third kappa shape index (κ3) is 8.42. The Hall–Kier alpha value is -4.15. The molecule has 0 bridgehead atoms. The van der Waals surface area contributed by atoms with Crippen LogP contribution in [0.3, 0.4) is 0 Å². The molecule has 0 N–H and O–H groups in total. The average Bonchev–Trinajstić information content (AvgIpc) is 4.01. The summed E-state index contributed by atoms with van der Waals surface area (Å²) in [5, 5.41) is 3.80. The van der Waals surface area contributed by atoms with E-state index in [0.717, 1.165) is 56.3 Å². The van der Waals surface area contributed by atoms with Crippen molar-refractivity contribution < 1.29 is 24.5 Å². The van der Waals surface area contributed by atoms with Gasteiger partial charge in [-0.25, -0.2) is 0 Å². The summed E-state index contributed by atoms with van der Waals surface area (Å²) in [6.45, 7) is 12.1. The zero-order valence-corrected chi connectivity index (χ0v) is 37.0. The number of pyridine rings is 2. The minimum absolute atomic E-state index is 0. The average molecular weight is 931 g/mol. The Morgan fingerprint density at radius 1 is 0.750 bits per heavy atom. The predicted molar refractivity (Wildman–Crippen MR) is 233 cm³/mol. The van der Waals surface area contributed by atoms with Gasteiger partial charge in [0.05, 0.1) is 13.7 Å². The molecule has 289 valence electrons. The summed E-state index contributed by atoms with van der Waals surface area (Å²) in [5.74, 6) is 1.61. The van der Waals surface area contributed by atoms with Gasteiger partial charge in [0, 0.05) is 37.9 Å². The van der Waals surface area contributed by atoms with Crippen molar-refractivity contribution in [3.05, 3.63) is 139 Å². The molecule has 56 heavy (non-hydrogen) atoms. The number of benzene rings is 4. The van der Waals surface area contributed by atoms with Crippen molar-refractivity contribution in [2.24, 2.45) is 11.8 Å². The van der Waals surface area contributed by atoms with Gasteiger partial charge in [-0.2, -0.15) is 0 Å². The van der Waals surface area contributed by atoms with Gasteiger partial charge >= 0.3 is 0 Å². The van der Waals surface area contributed by atoms with Crippen LogP contribution in [0.5, 0.6) is 0 Å². The van der Waals surface area contributed by atoms with Gasteiger partial charge in [-0.1, -0.05) is 143 Å². The van der Waals surface area contributed by atoms with E-state index >= 15 is 0 Å². The second-order valence-corrected chi connectivity index (χ2v) is 22.5. The quantitative estimate of drug-likeness (QED) is 0.113. The van der Waals surface area contributed by atoms with Gasteiger partial charge in [0.2, 0.25) is 0 Å². The van der Waals surface area contributed by atoms with E-state index in [2.05, 4.69) is 137 Å². The van der Waals surface area contributed by atoms with Gasteiger partial charge in [0.25, 0.3) is 0 Å². The SMILES string of the molecule is CC(C)(c1ccnc(-c2[c-]ccc3c2oc2cccc(-c4ccccc4)c23)c1)C1CCCC1.C[Si](C)(C)c1cnc(-c2[c-]cccc2)cc1CC1CCCC1.[Ir]. The first-order valence-corrected chi connectivity index (χ1v) is 24.0. The van der Waals surface area contributed by atoms with Crippen LogP contribution in [0.15, 0.2) is 120 Å². The van der Waals surface area contributed by atoms with Crippen LogP contribution >= 0.6 is 0 Å². The molecule has 4 aromatic carbocycles. The second kappa shape index (κ2) is 17.1. The zero-order valence-electron chi connectivity index (χ0n) is 33.6. The van der Waals surface area contributed by atoms with Crippen LogP contribution in [0.25, 0.3) is 55.6 Å². The maximum absolute atomic E-state index is 6.45. The van der Waals surface area contributed by atoms with E-state index in [-0.39, 0.29) is 25.5 Å². The Bertz CT molecular complexity index is 2380. The van der Waals surface area contributed by atoms with E-state index in [4.69, 9.17) is 14.4 Å². The minimum atomic E-state index is -1.35. The first-order chi connectivity index (χ1) is 26.7. The first-order valence-electron chi connectivity index (χ1n) is 20.5. The Balaban J connectivity index is 0.000000183. The molecular formula is C51H54IrN2OSi-2. The van der Waals surface area contributed by atoms with E-state index in [1.165, 1.54) is 74.5 Å². The van der Waals surface area contributed by atoms with Crippen molar-refractivity contribution >= 4 is 35.2 Å². The zero-order chi connectivity index (χ0) is 38.0. The molecule has 2 aliphatic rings. The molecule has 3 nitrogen and oxygen atoms in total. The Morgan fingerprint density at radius 2 is 1.50 bits per heavy atom. The van der Waals surface area contributed by atoms with Crippen LogP contribution in [-0.2, 0) is 31.9 Å². The topological polar surface area (TPSA) is 38.9 Å². The van der Waals surface area contributed by atoms with Gasteiger partial charge in [0.1, 0.15) is 5.58 Å². The van der Waals surface area contributed by atoms with Crippen molar-refractivity contribution in [1.29, 1.82) is 0 Å². The normalized spacial score (nSPS) is 15.2. The molecule has 3 aromatic heterocycles. The summed E-state index contributed by atoms with van der Waals surface area (Å²) in [5.41, 5.74) is 11.2. The smallest absolute Gasteiger partial charge is 0.121 e. The number of rotatable bonds is 8. The molecule has 0 saturated heterocycles. The Morgan fingerprint density at radius 3 is 2.23 bits per heavy atom. The standard InChI is InChI=1S/C31H28NO.C20H26NSi.Ir/c1-31(2,22-12-6-7-13-22)23-18-19-32-27(20-23)25-15-8-16-26-29-24(21-10-4-3-5-11-21)14-9-17-28(29)33-30(25)26;1-22(2,3)20-15-21-19(17-11-5-4-6-12-17)14-18(20)13-16-9-7-8-10-16;/h3-5,8-11,14,16-20,22H,6-7,12-13H2,1-2H3;4-6,11,14-16H,7-10,13H2,1-3H3;/q2*-1;. The maximum atomic E-state index is 6.45. The summed E-state index contributed by atoms with van der Waals surface area (Å²) in [4.78, 5) is 9.51. The molecule has 9 rings (SSSR count). The van der Waals surface area contributed by atoms with Gasteiger partial charge < -0.3 is 14.4 Å². The van der Waals surface area contributed by atoms with Crippen LogP contribution in [0, 0.1) is 24.0 Å². The van der Waals surface area contributed by atoms with E-state index in [1.54, 1.807) is 10.8 Å². The summed E-state index contributed by atoms with van der Waals surface area (Å²) in [7, 11) is -1.35. The molecule has 2 saturated carbocycles. The molecule has 7 aromatic rings. The van der Waals surface area contributed by atoms with Crippen LogP contribution < -0.4 is 5.19 Å². The summed E-state index contributed by atoms with van der Waals surface area (Å²) in [6.07, 6.45) is 16.3. The molecule has 2 aliphatic carbocycles. The van der Waals surface area contributed by atoms with E-state index in [9.17, 15) is 0 Å². The van der Waals surface area contributed by atoms with Crippen molar-refractivity contribution in [1.82, 2.24) is 9.97 Å². The minimum Gasteiger partial charge on any atom is -0.501 e. The number of fused-ring (bicyclic) bond motifs is 3. The second-order valence-electron chi connectivity index (χ2n) is 17.5. The number of aromatic nitrogens is 2. The molecule has 0 aliphatic heterocycles. The fraction of sp³-hybridized carbons (Fsp3) is 0.333. The fourth-order valence-electron chi connectivity index (χ4n) is 9.26. The van der Waals surface area contributed by atoms with Gasteiger partial charge in [-0.15, -0.1) is 54.1 Å². The predicted octanol–water partition coefficient (Wildman–Crippen LogP) is 13.4. The van der Waals surface area contributed by atoms with E-state index in [1.807, 2.05) is 24.4 Å². The molecule has 0 unspecified atom stereocenters. The van der Waals surface area contributed by atoms with E-state index < -0.39 is 8.07 Å². The van der Waals surface area contributed by atoms with Crippen LogP contribution in [0.4, 0.5) is 0 Å². The monoisotopic (exact) mass is 931 g/mol. The van der Waals surface area contributed by atoms with Crippen molar-refractivity contribution in [3.8, 4) is 33.6 Å². The first kappa shape index (κ1) is 40.1.